The van der Waals surface area contributed by atoms with Crippen molar-refractivity contribution in [2.24, 2.45) is 24.3 Å². The molecule has 2 aliphatic carbocycles. The van der Waals surface area contributed by atoms with Gasteiger partial charge in [-0.15, -0.1) is 0 Å². The smallest absolute Gasteiger partial charge is 0.409 e. The Bertz CT molecular complexity index is 669. The summed E-state index contributed by atoms with van der Waals surface area (Å²) in [7, 11) is 2.06. The van der Waals surface area contributed by atoms with E-state index in [4.69, 9.17) is 4.74 Å². The Morgan fingerprint density at radius 3 is 2.76 bits per heavy atom. The molecule has 1 aromatic heterocycles. The van der Waals surface area contributed by atoms with E-state index in [0.717, 1.165) is 43.3 Å². The zero-order valence-electron chi connectivity index (χ0n) is 15.2. The number of hydrogen-bond donors (Lipinski definition) is 0. The van der Waals surface area contributed by atoms with E-state index < -0.39 is 0 Å². The Hall–Kier alpha value is -1.56. The van der Waals surface area contributed by atoms with Gasteiger partial charge in [-0.3, -0.25) is 9.58 Å². The first-order valence-corrected chi connectivity index (χ1v) is 9.74. The highest BCUT2D eigenvalue weighted by Crippen LogP contribution is 2.60. The largest absolute Gasteiger partial charge is 0.450 e. The molecule has 4 fully saturated rings. The molecule has 0 aromatic carbocycles. The molecule has 2 atom stereocenters. The fraction of sp³-hybridized carbons (Fsp3) is 0.789. The first kappa shape index (κ1) is 15.7. The molecule has 2 saturated heterocycles. The van der Waals surface area contributed by atoms with Crippen LogP contribution in [0.2, 0.25) is 0 Å². The van der Waals surface area contributed by atoms with Crippen LogP contribution < -0.4 is 0 Å². The fourth-order valence-corrected chi connectivity index (χ4v) is 5.84. The van der Waals surface area contributed by atoms with Crippen molar-refractivity contribution in [1.82, 2.24) is 19.6 Å². The minimum absolute atomic E-state index is 0.121. The molecule has 6 heteroatoms. The summed E-state index contributed by atoms with van der Waals surface area (Å²) in [5.74, 6) is 2.42. The maximum Gasteiger partial charge on any atom is 0.409 e. The molecule has 1 aromatic rings. The lowest BCUT2D eigenvalue weighted by Crippen LogP contribution is -2.52. The van der Waals surface area contributed by atoms with Gasteiger partial charge >= 0.3 is 6.09 Å². The highest BCUT2D eigenvalue weighted by Gasteiger charge is 2.60. The zero-order chi connectivity index (χ0) is 17.2. The third-order valence-corrected chi connectivity index (χ3v) is 7.24. The second kappa shape index (κ2) is 5.47. The number of likely N-dealkylation sites (tertiary alicyclic amines) is 2. The predicted molar refractivity (Wildman–Crippen MR) is 93.2 cm³/mol. The Morgan fingerprint density at radius 2 is 2.12 bits per heavy atom. The second-order valence-corrected chi connectivity index (χ2v) is 8.62. The molecule has 0 bridgehead atoms. The highest BCUT2D eigenvalue weighted by molar-refractivity contribution is 5.68. The lowest BCUT2D eigenvalue weighted by atomic mass is 9.64. The molecule has 1 spiro atoms. The highest BCUT2D eigenvalue weighted by atomic mass is 16.6. The van der Waals surface area contributed by atoms with Crippen LogP contribution in [0.4, 0.5) is 4.79 Å². The number of hydrogen-bond acceptors (Lipinski definition) is 4. The summed E-state index contributed by atoms with van der Waals surface area (Å²) >= 11 is 0. The molecule has 3 heterocycles. The topological polar surface area (TPSA) is 50.6 Å². The summed E-state index contributed by atoms with van der Waals surface area (Å²) in [4.78, 5) is 16.6. The van der Waals surface area contributed by atoms with Gasteiger partial charge in [0.05, 0.1) is 6.61 Å². The molecule has 0 radical (unpaired) electrons. The van der Waals surface area contributed by atoms with Gasteiger partial charge in [0, 0.05) is 57.1 Å². The van der Waals surface area contributed by atoms with Gasteiger partial charge in [0.15, 0.2) is 0 Å². The van der Waals surface area contributed by atoms with Gasteiger partial charge < -0.3 is 9.64 Å². The molecule has 1 amide bonds. The van der Waals surface area contributed by atoms with Gasteiger partial charge in [0.1, 0.15) is 0 Å². The monoisotopic (exact) mass is 344 g/mol. The van der Waals surface area contributed by atoms with Crippen molar-refractivity contribution >= 4 is 6.09 Å². The Morgan fingerprint density at radius 1 is 1.36 bits per heavy atom. The number of rotatable bonds is 3. The summed E-state index contributed by atoms with van der Waals surface area (Å²) in [5.41, 5.74) is 1.80. The molecule has 2 aliphatic heterocycles. The normalized spacial score (nSPS) is 39.5. The molecule has 2 unspecified atom stereocenters. The number of piperidine rings is 1. The molecule has 25 heavy (non-hydrogen) atoms. The van der Waals surface area contributed by atoms with Gasteiger partial charge in [-0.05, 0) is 49.5 Å². The van der Waals surface area contributed by atoms with E-state index in [1.807, 2.05) is 22.7 Å². The number of nitrogens with zero attached hydrogens (tertiary/aromatic N) is 4. The predicted octanol–water partition coefficient (Wildman–Crippen LogP) is 2.08. The first-order chi connectivity index (χ1) is 12.1. The van der Waals surface area contributed by atoms with Crippen molar-refractivity contribution in [2.45, 2.75) is 38.1 Å². The summed E-state index contributed by atoms with van der Waals surface area (Å²) < 4.78 is 7.21. The molecular weight excluding hydrogens is 316 g/mol. The molecule has 2 saturated carbocycles. The summed E-state index contributed by atoms with van der Waals surface area (Å²) in [5, 5.41) is 4.33. The fourth-order valence-electron chi connectivity index (χ4n) is 5.84. The summed E-state index contributed by atoms with van der Waals surface area (Å²) in [6.45, 7) is 6.63. The van der Waals surface area contributed by atoms with Gasteiger partial charge in [0.2, 0.25) is 0 Å². The third kappa shape index (κ3) is 2.40. The molecule has 0 N–H and O–H groups in total. The molecule has 6 nitrogen and oxygen atoms in total. The average molecular weight is 344 g/mol. The van der Waals surface area contributed by atoms with Crippen molar-refractivity contribution in [2.75, 3.05) is 32.8 Å². The van der Waals surface area contributed by atoms with Crippen LogP contribution in [-0.2, 0) is 11.8 Å². The maximum absolute atomic E-state index is 11.9. The van der Waals surface area contributed by atoms with E-state index in [1.54, 1.807) is 0 Å². The van der Waals surface area contributed by atoms with Gasteiger partial charge in [-0.2, -0.15) is 5.10 Å². The Balaban J connectivity index is 1.13. The van der Waals surface area contributed by atoms with Crippen LogP contribution in [-0.4, -0.2) is 64.5 Å². The van der Waals surface area contributed by atoms with Crippen LogP contribution in [0.15, 0.2) is 12.3 Å². The van der Waals surface area contributed by atoms with E-state index in [-0.39, 0.29) is 6.09 Å². The third-order valence-electron chi connectivity index (χ3n) is 7.24. The van der Waals surface area contributed by atoms with E-state index in [0.29, 0.717) is 12.0 Å². The number of aromatic nitrogens is 2. The van der Waals surface area contributed by atoms with Crippen LogP contribution >= 0.6 is 0 Å². The number of carbonyl (C=O) groups is 1. The van der Waals surface area contributed by atoms with Crippen molar-refractivity contribution in [3.8, 4) is 0 Å². The number of ether oxygens (including phenoxy) is 1. The van der Waals surface area contributed by atoms with Crippen molar-refractivity contribution < 1.29 is 9.53 Å². The van der Waals surface area contributed by atoms with Crippen molar-refractivity contribution in [3.63, 3.8) is 0 Å². The van der Waals surface area contributed by atoms with Crippen LogP contribution in [0.5, 0.6) is 0 Å². The lowest BCUT2D eigenvalue weighted by Gasteiger charge is -2.49. The van der Waals surface area contributed by atoms with E-state index >= 15 is 0 Å². The Kier molecular flexibility index (Phi) is 3.43. The Labute approximate surface area is 149 Å². The summed E-state index contributed by atoms with van der Waals surface area (Å²) in [6, 6.07) is 2.93. The lowest BCUT2D eigenvalue weighted by molar-refractivity contribution is 0.0117. The molecular formula is C19H28N4O2. The quantitative estimate of drug-likeness (QED) is 0.842. The van der Waals surface area contributed by atoms with Crippen LogP contribution in [0.1, 0.15) is 37.8 Å². The van der Waals surface area contributed by atoms with Crippen molar-refractivity contribution in [1.29, 1.82) is 0 Å². The average Bonchev–Trinajstić information content (AvgIpc) is 3.03. The number of aryl methyl sites for hydroxylation is 1. The van der Waals surface area contributed by atoms with Crippen molar-refractivity contribution in [3.05, 3.63) is 18.0 Å². The maximum atomic E-state index is 11.9. The SMILES string of the molecule is CCOC(=O)N1CCC2(CC(N3CC4C(C3)C4c3ccnn3C)C2)C1. The first-order valence-electron chi connectivity index (χ1n) is 9.74. The number of fused-ring (bicyclic) bond motifs is 1. The van der Waals surface area contributed by atoms with E-state index in [2.05, 4.69) is 23.1 Å². The number of amides is 1. The zero-order valence-corrected chi connectivity index (χ0v) is 15.2. The van der Waals surface area contributed by atoms with Gasteiger partial charge in [-0.1, -0.05) is 0 Å². The molecule has 4 aliphatic rings. The minimum atomic E-state index is -0.121. The summed E-state index contributed by atoms with van der Waals surface area (Å²) in [6.07, 6.45) is 5.48. The van der Waals surface area contributed by atoms with E-state index in [1.165, 1.54) is 31.6 Å². The van der Waals surface area contributed by atoms with E-state index in [9.17, 15) is 4.79 Å². The number of carbonyl (C=O) groups excluding carboxylic acids is 1. The molecule has 136 valence electrons. The van der Waals surface area contributed by atoms with Gasteiger partial charge in [0.25, 0.3) is 0 Å². The molecule has 5 rings (SSSR count). The van der Waals surface area contributed by atoms with Gasteiger partial charge in [-0.25, -0.2) is 4.79 Å². The van der Waals surface area contributed by atoms with Crippen LogP contribution in [0.25, 0.3) is 0 Å². The standard InChI is InChI=1S/C19H28N4O2/c1-3-25-18(24)22-7-5-19(12-22)8-13(9-19)23-10-14-15(11-23)17(14)16-4-6-20-21(16)2/h4,6,13-15,17H,3,5,7-12H2,1-2H3. The van der Waals surface area contributed by atoms with Crippen LogP contribution in [0, 0.1) is 17.3 Å². The van der Waals surface area contributed by atoms with Crippen LogP contribution in [0.3, 0.4) is 0 Å². The second-order valence-electron chi connectivity index (χ2n) is 8.62. The minimum Gasteiger partial charge on any atom is -0.450 e.